The van der Waals surface area contributed by atoms with Crippen LogP contribution in [-0.4, -0.2) is 18.0 Å². The second kappa shape index (κ2) is 4.84. The third kappa shape index (κ3) is 2.37. The number of ether oxygens (including phenoxy) is 2. The molecule has 0 aliphatic carbocycles. The smallest absolute Gasteiger partial charge is 0.206 e. The van der Waals surface area contributed by atoms with Gasteiger partial charge in [-0.05, 0) is 23.8 Å². The van der Waals surface area contributed by atoms with Crippen LogP contribution in [0.1, 0.15) is 30.4 Å². The Bertz CT molecular complexity index is 605. The van der Waals surface area contributed by atoms with E-state index in [1.165, 1.54) is 5.56 Å². The van der Waals surface area contributed by atoms with E-state index in [0.29, 0.717) is 6.42 Å². The van der Waals surface area contributed by atoms with Crippen LogP contribution in [0.25, 0.3) is 0 Å². The first-order chi connectivity index (χ1) is 9.59. The van der Waals surface area contributed by atoms with E-state index >= 15 is 0 Å². The van der Waals surface area contributed by atoms with Crippen molar-refractivity contribution >= 4 is 0 Å². The monoisotopic (exact) mass is 270 g/mol. The third-order valence-corrected chi connectivity index (χ3v) is 3.71. The number of hydrogen-bond donors (Lipinski definition) is 1. The van der Waals surface area contributed by atoms with Crippen LogP contribution in [0.5, 0.6) is 11.5 Å². The molecule has 0 fully saturated rings. The maximum Gasteiger partial charge on any atom is 0.206 e. The maximum absolute atomic E-state index is 10.3. The van der Waals surface area contributed by atoms with Gasteiger partial charge in [0, 0.05) is 24.8 Å². The second-order valence-corrected chi connectivity index (χ2v) is 5.35. The average Bonchev–Trinajstić information content (AvgIpc) is 2.46. The van der Waals surface area contributed by atoms with Gasteiger partial charge in [-0.2, -0.15) is 0 Å². The van der Waals surface area contributed by atoms with E-state index in [2.05, 4.69) is 12.1 Å². The van der Waals surface area contributed by atoms with Gasteiger partial charge in [-0.25, -0.2) is 0 Å². The van der Waals surface area contributed by atoms with E-state index in [1.54, 1.807) is 14.0 Å². The quantitative estimate of drug-likeness (QED) is 0.909. The zero-order valence-electron chi connectivity index (χ0n) is 11.7. The van der Waals surface area contributed by atoms with Crippen LogP contribution in [0, 0.1) is 0 Å². The van der Waals surface area contributed by atoms with Gasteiger partial charge in [0.25, 0.3) is 0 Å². The van der Waals surface area contributed by atoms with E-state index < -0.39 is 5.79 Å². The number of hydrogen-bond acceptors (Lipinski definition) is 3. The molecule has 2 atom stereocenters. The minimum Gasteiger partial charge on any atom is -0.497 e. The Balaban J connectivity index is 2.11. The van der Waals surface area contributed by atoms with E-state index in [9.17, 15) is 5.11 Å². The molecule has 104 valence electrons. The highest BCUT2D eigenvalue weighted by Gasteiger charge is 2.36. The summed E-state index contributed by atoms with van der Waals surface area (Å²) in [6.45, 7) is 1.70. The van der Waals surface area contributed by atoms with Crippen molar-refractivity contribution in [3.05, 3.63) is 59.7 Å². The highest BCUT2D eigenvalue weighted by Crippen LogP contribution is 2.44. The predicted molar refractivity (Wildman–Crippen MR) is 77.1 cm³/mol. The molecule has 0 spiro atoms. The summed E-state index contributed by atoms with van der Waals surface area (Å²) in [5.74, 6) is 0.470. The normalized spacial score (nSPS) is 24.6. The van der Waals surface area contributed by atoms with Crippen molar-refractivity contribution < 1.29 is 14.6 Å². The summed E-state index contributed by atoms with van der Waals surface area (Å²) in [6, 6.07) is 15.9. The van der Waals surface area contributed by atoms with Crippen molar-refractivity contribution in [1.82, 2.24) is 0 Å². The zero-order valence-corrected chi connectivity index (χ0v) is 11.7. The van der Waals surface area contributed by atoms with E-state index in [4.69, 9.17) is 9.47 Å². The molecule has 0 radical (unpaired) electrons. The molecule has 2 unspecified atom stereocenters. The molecule has 2 aromatic carbocycles. The molecule has 0 saturated heterocycles. The van der Waals surface area contributed by atoms with Gasteiger partial charge in [0.15, 0.2) is 0 Å². The molecule has 0 bridgehead atoms. The van der Waals surface area contributed by atoms with Crippen LogP contribution < -0.4 is 9.47 Å². The molecule has 1 N–H and O–H groups in total. The molecule has 3 heteroatoms. The molecule has 1 heterocycles. The van der Waals surface area contributed by atoms with Gasteiger partial charge in [-0.15, -0.1) is 0 Å². The molecular weight excluding hydrogens is 252 g/mol. The van der Waals surface area contributed by atoms with Gasteiger partial charge in [0.1, 0.15) is 11.5 Å². The van der Waals surface area contributed by atoms with Crippen molar-refractivity contribution in [2.45, 2.75) is 25.0 Å². The molecule has 3 nitrogen and oxygen atoms in total. The molecular formula is C17H18O3. The highest BCUT2D eigenvalue weighted by atomic mass is 16.6. The van der Waals surface area contributed by atoms with Crippen molar-refractivity contribution in [1.29, 1.82) is 0 Å². The van der Waals surface area contributed by atoms with Gasteiger partial charge < -0.3 is 14.6 Å². The molecule has 20 heavy (non-hydrogen) atoms. The van der Waals surface area contributed by atoms with Gasteiger partial charge in [0.05, 0.1) is 7.11 Å². The average molecular weight is 270 g/mol. The molecule has 0 amide bonds. The Morgan fingerprint density at radius 3 is 2.65 bits per heavy atom. The van der Waals surface area contributed by atoms with Crippen LogP contribution in [0.4, 0.5) is 0 Å². The van der Waals surface area contributed by atoms with E-state index in [-0.39, 0.29) is 5.92 Å². The van der Waals surface area contributed by atoms with Crippen molar-refractivity contribution in [2.24, 2.45) is 0 Å². The van der Waals surface area contributed by atoms with E-state index in [1.807, 2.05) is 36.4 Å². The Hall–Kier alpha value is -2.00. The third-order valence-electron chi connectivity index (χ3n) is 3.71. The van der Waals surface area contributed by atoms with E-state index in [0.717, 1.165) is 17.1 Å². The van der Waals surface area contributed by atoms with Gasteiger partial charge in [-0.1, -0.05) is 30.3 Å². The summed E-state index contributed by atoms with van der Waals surface area (Å²) in [5, 5.41) is 10.3. The first kappa shape index (κ1) is 13.0. The zero-order chi connectivity index (χ0) is 14.2. The minimum absolute atomic E-state index is 0.102. The Morgan fingerprint density at radius 1 is 1.20 bits per heavy atom. The summed E-state index contributed by atoms with van der Waals surface area (Å²) >= 11 is 0. The summed E-state index contributed by atoms with van der Waals surface area (Å²) < 4.78 is 11.0. The van der Waals surface area contributed by atoms with Gasteiger partial charge in [-0.3, -0.25) is 0 Å². The van der Waals surface area contributed by atoms with Crippen LogP contribution in [0.15, 0.2) is 48.5 Å². The molecule has 1 aliphatic rings. The van der Waals surface area contributed by atoms with Crippen molar-refractivity contribution in [3.63, 3.8) is 0 Å². The molecule has 0 saturated carbocycles. The summed E-state index contributed by atoms with van der Waals surface area (Å²) in [4.78, 5) is 0. The fourth-order valence-corrected chi connectivity index (χ4v) is 2.77. The fraction of sp³-hybridized carbons (Fsp3) is 0.294. The first-order valence-corrected chi connectivity index (χ1v) is 6.73. The Morgan fingerprint density at radius 2 is 1.95 bits per heavy atom. The van der Waals surface area contributed by atoms with Crippen LogP contribution >= 0.6 is 0 Å². The Labute approximate surface area is 118 Å². The largest absolute Gasteiger partial charge is 0.497 e. The number of rotatable bonds is 2. The lowest BCUT2D eigenvalue weighted by Crippen LogP contribution is -2.38. The lowest BCUT2D eigenvalue weighted by molar-refractivity contribution is -0.137. The molecule has 0 aromatic heterocycles. The first-order valence-electron chi connectivity index (χ1n) is 6.73. The van der Waals surface area contributed by atoms with Crippen LogP contribution in [0.3, 0.4) is 0 Å². The highest BCUT2D eigenvalue weighted by molar-refractivity contribution is 5.48. The standard InChI is InChI=1S/C17H18O3/c1-17(18)11-15(12-6-4-3-5-7-12)14-10-13(19-2)8-9-16(14)20-17/h3-10,15,18H,11H2,1-2H3. The molecule has 3 rings (SSSR count). The number of fused-ring (bicyclic) bond motifs is 1. The predicted octanol–water partition coefficient (Wildman–Crippen LogP) is 3.32. The fourth-order valence-electron chi connectivity index (χ4n) is 2.77. The lowest BCUT2D eigenvalue weighted by atomic mass is 9.83. The SMILES string of the molecule is COc1ccc2c(c1)C(c1ccccc1)CC(C)(O)O2. The van der Waals surface area contributed by atoms with Gasteiger partial charge >= 0.3 is 0 Å². The molecule has 2 aromatic rings. The Kier molecular flexibility index (Phi) is 3.14. The van der Waals surface area contributed by atoms with Gasteiger partial charge in [0.2, 0.25) is 5.79 Å². The minimum atomic E-state index is -1.15. The lowest BCUT2D eigenvalue weighted by Gasteiger charge is -2.36. The molecule has 1 aliphatic heterocycles. The van der Waals surface area contributed by atoms with Crippen molar-refractivity contribution in [3.8, 4) is 11.5 Å². The van der Waals surface area contributed by atoms with Crippen LogP contribution in [-0.2, 0) is 0 Å². The summed E-state index contributed by atoms with van der Waals surface area (Å²) in [7, 11) is 1.65. The topological polar surface area (TPSA) is 38.7 Å². The number of methoxy groups -OCH3 is 1. The van der Waals surface area contributed by atoms with Crippen molar-refractivity contribution in [2.75, 3.05) is 7.11 Å². The second-order valence-electron chi connectivity index (χ2n) is 5.35. The van der Waals surface area contributed by atoms with Crippen LogP contribution in [0.2, 0.25) is 0 Å². The number of benzene rings is 2. The number of aliphatic hydroxyl groups is 1. The summed E-state index contributed by atoms with van der Waals surface area (Å²) in [6.07, 6.45) is 0.525. The maximum atomic E-state index is 10.3. The summed E-state index contributed by atoms with van der Waals surface area (Å²) in [5.41, 5.74) is 2.23.